The van der Waals surface area contributed by atoms with E-state index in [-0.39, 0.29) is 22.0 Å². The number of hydrogen-bond donors (Lipinski definition) is 0. The van der Waals surface area contributed by atoms with Crippen molar-refractivity contribution in [1.82, 2.24) is 19.6 Å². The Labute approximate surface area is 161 Å². The molecule has 1 fully saturated rings. The van der Waals surface area contributed by atoms with Crippen LogP contribution in [0.15, 0.2) is 35.3 Å². The lowest BCUT2D eigenvalue weighted by atomic mass is 10.0. The van der Waals surface area contributed by atoms with Gasteiger partial charge in [0, 0.05) is 18.7 Å². The number of carbonyl (C=O) groups is 1. The van der Waals surface area contributed by atoms with Crippen LogP contribution in [0.2, 0.25) is 10.0 Å². The molecule has 0 aliphatic carbocycles. The first-order valence-electron chi connectivity index (χ1n) is 8.38. The van der Waals surface area contributed by atoms with E-state index in [4.69, 9.17) is 23.2 Å². The molecule has 26 heavy (non-hydrogen) atoms. The van der Waals surface area contributed by atoms with Crippen molar-refractivity contribution in [3.8, 4) is 5.69 Å². The number of hydrogen-bond acceptors (Lipinski definition) is 4. The van der Waals surface area contributed by atoms with E-state index < -0.39 is 5.56 Å². The molecule has 0 N–H and O–H groups in total. The van der Waals surface area contributed by atoms with E-state index in [1.165, 1.54) is 6.20 Å². The summed E-state index contributed by atoms with van der Waals surface area (Å²) >= 11 is 11.7. The van der Waals surface area contributed by atoms with Crippen LogP contribution in [0.5, 0.6) is 0 Å². The molecular formula is C18H20Cl2N4O2. The Balaban J connectivity index is 1.78. The molecule has 1 amide bonds. The van der Waals surface area contributed by atoms with E-state index >= 15 is 0 Å². The van der Waals surface area contributed by atoms with Gasteiger partial charge in [-0.2, -0.15) is 9.78 Å². The van der Waals surface area contributed by atoms with E-state index in [9.17, 15) is 9.59 Å². The average molecular weight is 395 g/mol. The Morgan fingerprint density at radius 1 is 1.19 bits per heavy atom. The lowest BCUT2D eigenvalue weighted by molar-refractivity contribution is 0.0659. The number of piperidine rings is 1. The highest BCUT2D eigenvalue weighted by atomic mass is 35.5. The third kappa shape index (κ3) is 3.77. The molecule has 0 atom stereocenters. The zero-order valence-corrected chi connectivity index (χ0v) is 16.2. The summed E-state index contributed by atoms with van der Waals surface area (Å²) in [5, 5.41) is 4.02. The van der Waals surface area contributed by atoms with Crippen LogP contribution in [0.25, 0.3) is 5.69 Å². The first-order valence-corrected chi connectivity index (χ1v) is 9.13. The third-order valence-corrected chi connectivity index (χ3v) is 5.54. The fraction of sp³-hybridized carbons (Fsp3) is 0.389. The van der Waals surface area contributed by atoms with E-state index in [2.05, 4.69) is 17.0 Å². The minimum atomic E-state index is -0.498. The van der Waals surface area contributed by atoms with Crippen LogP contribution in [0.4, 0.5) is 0 Å². The van der Waals surface area contributed by atoms with Gasteiger partial charge in [0.2, 0.25) is 0 Å². The highest BCUT2D eigenvalue weighted by Crippen LogP contribution is 2.19. The summed E-state index contributed by atoms with van der Waals surface area (Å²) in [6.45, 7) is 1.99. The largest absolute Gasteiger partial charge is 0.339 e. The smallest absolute Gasteiger partial charge is 0.291 e. The number of benzene rings is 1. The van der Waals surface area contributed by atoms with E-state index in [1.807, 2.05) is 11.9 Å². The monoisotopic (exact) mass is 394 g/mol. The van der Waals surface area contributed by atoms with Gasteiger partial charge in [-0.25, -0.2) is 0 Å². The highest BCUT2D eigenvalue weighted by molar-refractivity contribution is 6.41. The van der Waals surface area contributed by atoms with Crippen LogP contribution in [0.3, 0.4) is 0 Å². The molecule has 3 rings (SSSR count). The summed E-state index contributed by atoms with van der Waals surface area (Å²) in [6, 6.07) is 6.99. The van der Waals surface area contributed by atoms with Crippen molar-refractivity contribution in [2.45, 2.75) is 18.9 Å². The number of rotatable bonds is 3. The zero-order chi connectivity index (χ0) is 18.8. The predicted molar refractivity (Wildman–Crippen MR) is 102 cm³/mol. The topological polar surface area (TPSA) is 58.4 Å². The lowest BCUT2D eigenvalue weighted by Crippen LogP contribution is -2.44. The Kier molecular flexibility index (Phi) is 5.65. The maximum Gasteiger partial charge on any atom is 0.291 e. The van der Waals surface area contributed by atoms with E-state index in [0.29, 0.717) is 11.3 Å². The summed E-state index contributed by atoms with van der Waals surface area (Å²) in [5.41, 5.74) is 0.594. The van der Waals surface area contributed by atoms with Crippen molar-refractivity contribution in [1.29, 1.82) is 0 Å². The summed E-state index contributed by atoms with van der Waals surface area (Å²) in [7, 11) is 3.94. The van der Waals surface area contributed by atoms with Crippen molar-refractivity contribution >= 4 is 29.1 Å². The van der Waals surface area contributed by atoms with Gasteiger partial charge in [0.15, 0.2) is 0 Å². The second-order valence-electron chi connectivity index (χ2n) is 6.52. The summed E-state index contributed by atoms with van der Waals surface area (Å²) in [4.78, 5) is 29.0. The minimum Gasteiger partial charge on any atom is -0.339 e. The maximum atomic E-state index is 12.7. The van der Waals surface area contributed by atoms with Crippen LogP contribution < -0.4 is 5.56 Å². The average Bonchev–Trinajstić information content (AvgIpc) is 2.66. The number of aromatic nitrogens is 2. The fourth-order valence-electron chi connectivity index (χ4n) is 3.09. The molecular weight excluding hydrogens is 375 g/mol. The van der Waals surface area contributed by atoms with Crippen molar-refractivity contribution in [3.05, 3.63) is 56.4 Å². The van der Waals surface area contributed by atoms with Crippen LogP contribution in [0, 0.1) is 0 Å². The Bertz CT molecular complexity index is 858. The number of carbonyl (C=O) groups excluding carboxylic acids is 1. The van der Waals surface area contributed by atoms with Gasteiger partial charge < -0.3 is 9.80 Å². The zero-order valence-electron chi connectivity index (χ0n) is 14.7. The molecule has 2 heterocycles. The van der Waals surface area contributed by atoms with Crippen LogP contribution >= 0.6 is 23.2 Å². The molecule has 1 aromatic heterocycles. The number of amides is 1. The summed E-state index contributed by atoms with van der Waals surface area (Å²) < 4.78 is 1.16. The second kappa shape index (κ2) is 7.78. The van der Waals surface area contributed by atoms with Crippen molar-refractivity contribution < 1.29 is 4.79 Å². The van der Waals surface area contributed by atoms with Gasteiger partial charge in [0.25, 0.3) is 11.5 Å². The molecule has 6 nitrogen and oxygen atoms in total. The lowest BCUT2D eigenvalue weighted by Gasteiger charge is -2.35. The molecule has 0 spiro atoms. The molecule has 8 heteroatoms. The van der Waals surface area contributed by atoms with Crippen molar-refractivity contribution in [3.63, 3.8) is 0 Å². The normalized spacial score (nSPS) is 15.8. The summed E-state index contributed by atoms with van der Waals surface area (Å²) in [5.74, 6) is -0.0273. The molecule has 1 aliphatic rings. The van der Waals surface area contributed by atoms with Gasteiger partial charge in [-0.05, 0) is 57.2 Å². The standard InChI is InChI=1S/C18H20Cl2N4O2/c1-22-9-7-13(8-10-22)23(2)17(25)12-3-5-14(6-4-12)24-18(26)16(20)15(19)11-21-24/h3-6,11,13H,7-10H2,1-2H3. The minimum absolute atomic E-state index is 0.0273. The third-order valence-electron chi connectivity index (χ3n) is 4.79. The van der Waals surface area contributed by atoms with Gasteiger partial charge in [-0.3, -0.25) is 9.59 Å². The maximum absolute atomic E-state index is 12.7. The second-order valence-corrected chi connectivity index (χ2v) is 7.31. The quantitative estimate of drug-likeness (QED) is 0.802. The Morgan fingerprint density at radius 3 is 2.42 bits per heavy atom. The molecule has 1 saturated heterocycles. The van der Waals surface area contributed by atoms with Crippen molar-refractivity contribution in [2.75, 3.05) is 27.2 Å². The fourth-order valence-corrected chi connectivity index (χ4v) is 3.35. The molecule has 1 aliphatic heterocycles. The Morgan fingerprint density at radius 2 is 1.81 bits per heavy atom. The molecule has 0 unspecified atom stereocenters. The van der Waals surface area contributed by atoms with Gasteiger partial charge in [-0.15, -0.1) is 0 Å². The van der Waals surface area contributed by atoms with E-state index in [0.717, 1.165) is 30.6 Å². The number of halogens is 2. The van der Waals surface area contributed by atoms with Gasteiger partial charge >= 0.3 is 0 Å². The molecule has 0 radical (unpaired) electrons. The first kappa shape index (κ1) is 18.9. The van der Waals surface area contributed by atoms with Crippen LogP contribution in [0.1, 0.15) is 23.2 Å². The van der Waals surface area contributed by atoms with Gasteiger partial charge in [0.05, 0.1) is 16.9 Å². The highest BCUT2D eigenvalue weighted by Gasteiger charge is 2.24. The predicted octanol–water partition coefficient (Wildman–Crippen LogP) is 2.71. The first-order chi connectivity index (χ1) is 12.4. The number of nitrogens with zero attached hydrogens (tertiary/aromatic N) is 4. The SMILES string of the molecule is CN1CCC(N(C)C(=O)c2ccc(-n3ncc(Cl)c(Cl)c3=O)cc2)CC1. The molecule has 1 aromatic carbocycles. The van der Waals surface area contributed by atoms with Gasteiger partial charge in [0.1, 0.15) is 5.02 Å². The molecule has 2 aromatic rings. The van der Waals surface area contributed by atoms with Crippen LogP contribution in [-0.2, 0) is 0 Å². The molecule has 0 bridgehead atoms. The van der Waals surface area contributed by atoms with E-state index in [1.54, 1.807) is 24.3 Å². The van der Waals surface area contributed by atoms with Crippen molar-refractivity contribution in [2.24, 2.45) is 0 Å². The number of likely N-dealkylation sites (tertiary alicyclic amines) is 1. The molecule has 138 valence electrons. The molecule has 0 saturated carbocycles. The summed E-state index contributed by atoms with van der Waals surface area (Å²) in [6.07, 6.45) is 3.26. The Hall–Kier alpha value is -1.89. The van der Waals surface area contributed by atoms with Gasteiger partial charge in [-0.1, -0.05) is 23.2 Å². The van der Waals surface area contributed by atoms with Crippen LogP contribution in [-0.4, -0.2) is 58.7 Å².